The molecule has 0 radical (unpaired) electrons. The van der Waals surface area contributed by atoms with Gasteiger partial charge in [0.25, 0.3) is 5.91 Å². The van der Waals surface area contributed by atoms with E-state index in [2.05, 4.69) is 12.2 Å². The van der Waals surface area contributed by atoms with Crippen LogP contribution < -0.4 is 10.1 Å². The van der Waals surface area contributed by atoms with E-state index in [1.54, 1.807) is 4.90 Å². The zero-order chi connectivity index (χ0) is 17.6. The molecular weight excluding hydrogens is 312 g/mol. The van der Waals surface area contributed by atoms with Crippen LogP contribution in [0.4, 0.5) is 5.69 Å². The van der Waals surface area contributed by atoms with E-state index >= 15 is 0 Å². The molecule has 0 saturated heterocycles. The third-order valence-electron chi connectivity index (χ3n) is 4.63. The van der Waals surface area contributed by atoms with Gasteiger partial charge < -0.3 is 15.0 Å². The zero-order valence-corrected chi connectivity index (χ0v) is 15.0. The Bertz CT molecular complexity index is 729. The molecule has 0 saturated carbocycles. The lowest BCUT2D eigenvalue weighted by molar-refractivity contribution is 0.0733. The largest absolute Gasteiger partial charge is 0.493 e. The third kappa shape index (κ3) is 3.78. The fourth-order valence-corrected chi connectivity index (χ4v) is 3.18. The molecule has 1 aliphatic rings. The monoisotopic (exact) mass is 338 g/mol. The van der Waals surface area contributed by atoms with Crippen LogP contribution in [0.15, 0.2) is 48.5 Å². The van der Waals surface area contributed by atoms with Crippen LogP contribution in [-0.2, 0) is 0 Å². The molecular formula is C21H26N2O2. The van der Waals surface area contributed by atoms with Crippen LogP contribution in [0.3, 0.4) is 0 Å². The van der Waals surface area contributed by atoms with E-state index < -0.39 is 0 Å². The molecule has 1 N–H and O–H groups in total. The first-order chi connectivity index (χ1) is 12.2. The minimum atomic E-state index is -0.228. The van der Waals surface area contributed by atoms with Crippen LogP contribution in [0.5, 0.6) is 5.75 Å². The van der Waals surface area contributed by atoms with E-state index in [-0.39, 0.29) is 12.1 Å². The molecule has 1 heterocycles. The highest BCUT2D eigenvalue weighted by Gasteiger charge is 2.31. The first kappa shape index (κ1) is 17.3. The second-order valence-corrected chi connectivity index (χ2v) is 6.46. The molecule has 3 rings (SSSR count). The van der Waals surface area contributed by atoms with Crippen molar-refractivity contribution in [3.8, 4) is 5.75 Å². The topological polar surface area (TPSA) is 41.6 Å². The van der Waals surface area contributed by atoms with Crippen LogP contribution in [0.2, 0.25) is 0 Å². The van der Waals surface area contributed by atoms with E-state index in [1.165, 1.54) is 19.3 Å². The Morgan fingerprint density at radius 2 is 1.80 bits per heavy atom. The first-order valence-electron chi connectivity index (χ1n) is 9.07. The van der Waals surface area contributed by atoms with Gasteiger partial charge in [-0.15, -0.1) is 0 Å². The zero-order valence-electron chi connectivity index (χ0n) is 15.0. The Morgan fingerprint density at radius 3 is 2.64 bits per heavy atom. The minimum absolute atomic E-state index is 0.0251. The van der Waals surface area contributed by atoms with Crippen LogP contribution in [0.25, 0.3) is 0 Å². The van der Waals surface area contributed by atoms with E-state index in [0.29, 0.717) is 12.2 Å². The van der Waals surface area contributed by atoms with Crippen LogP contribution in [0.1, 0.15) is 54.7 Å². The van der Waals surface area contributed by atoms with Crippen molar-refractivity contribution in [2.75, 3.05) is 19.0 Å². The van der Waals surface area contributed by atoms with Crippen LogP contribution in [-0.4, -0.2) is 24.5 Å². The molecule has 1 unspecified atom stereocenters. The lowest BCUT2D eigenvalue weighted by atomic mass is 10.0. The average molecular weight is 338 g/mol. The van der Waals surface area contributed by atoms with E-state index in [0.717, 1.165) is 23.4 Å². The van der Waals surface area contributed by atoms with Gasteiger partial charge in [0, 0.05) is 18.3 Å². The second kappa shape index (κ2) is 8.06. The Balaban J connectivity index is 1.79. The quantitative estimate of drug-likeness (QED) is 0.734. The van der Waals surface area contributed by atoms with Gasteiger partial charge in [0.1, 0.15) is 11.9 Å². The number of ether oxygens (including phenoxy) is 1. The Kier molecular flexibility index (Phi) is 5.59. The fourth-order valence-electron chi connectivity index (χ4n) is 3.18. The third-order valence-corrected chi connectivity index (χ3v) is 4.63. The summed E-state index contributed by atoms with van der Waals surface area (Å²) in [5, 5.41) is 3.47. The summed E-state index contributed by atoms with van der Waals surface area (Å²) in [5.41, 5.74) is 2.57. The van der Waals surface area contributed by atoms with Crippen molar-refractivity contribution in [2.24, 2.45) is 0 Å². The molecule has 1 amide bonds. The number of anilines is 1. The number of nitrogens with zero attached hydrogens (tertiary/aromatic N) is 1. The number of unbranched alkanes of at least 4 members (excludes halogenated alkanes) is 3. The number of fused-ring (bicyclic) bond motifs is 1. The van der Waals surface area contributed by atoms with Gasteiger partial charge in [-0.25, -0.2) is 0 Å². The molecule has 25 heavy (non-hydrogen) atoms. The standard InChI is InChI=1S/C21H26N2O2/c1-3-4-5-10-15-25-19-14-9-7-12-17(19)20-22-18-13-8-6-11-16(18)21(24)23(20)2/h6-9,11-14,20,22H,3-5,10,15H2,1-2H3. The molecule has 2 aromatic carbocycles. The minimum Gasteiger partial charge on any atom is -0.493 e. The molecule has 4 heteroatoms. The van der Waals surface area contributed by atoms with Gasteiger partial charge in [0.2, 0.25) is 0 Å². The van der Waals surface area contributed by atoms with Crippen molar-refractivity contribution in [3.05, 3.63) is 59.7 Å². The summed E-state index contributed by atoms with van der Waals surface area (Å²) in [5.74, 6) is 0.868. The molecule has 0 bridgehead atoms. The predicted molar refractivity (Wildman–Crippen MR) is 101 cm³/mol. The maximum atomic E-state index is 12.7. The predicted octanol–water partition coefficient (Wildman–Crippen LogP) is 4.84. The summed E-state index contributed by atoms with van der Waals surface area (Å²) in [6.07, 6.45) is 4.47. The van der Waals surface area contributed by atoms with Crippen molar-refractivity contribution < 1.29 is 9.53 Å². The highest BCUT2D eigenvalue weighted by molar-refractivity contribution is 6.01. The molecule has 132 valence electrons. The molecule has 0 aromatic heterocycles. The number of carbonyl (C=O) groups is 1. The SMILES string of the molecule is CCCCCCOc1ccccc1C1Nc2ccccc2C(=O)N1C. The fraction of sp³-hybridized carbons (Fsp3) is 0.381. The van der Waals surface area contributed by atoms with Crippen molar-refractivity contribution in [1.29, 1.82) is 0 Å². The molecule has 0 aliphatic carbocycles. The molecule has 0 spiro atoms. The van der Waals surface area contributed by atoms with Crippen LogP contribution in [0, 0.1) is 0 Å². The van der Waals surface area contributed by atoms with Crippen molar-refractivity contribution >= 4 is 11.6 Å². The van der Waals surface area contributed by atoms with Gasteiger partial charge >= 0.3 is 0 Å². The van der Waals surface area contributed by atoms with Crippen molar-refractivity contribution in [3.63, 3.8) is 0 Å². The molecule has 4 nitrogen and oxygen atoms in total. The highest BCUT2D eigenvalue weighted by Crippen LogP contribution is 2.35. The number of carbonyl (C=O) groups excluding carboxylic acids is 1. The smallest absolute Gasteiger partial charge is 0.257 e. The molecule has 1 aliphatic heterocycles. The Labute approximate surface area is 149 Å². The van der Waals surface area contributed by atoms with E-state index in [9.17, 15) is 4.79 Å². The lowest BCUT2D eigenvalue weighted by Crippen LogP contribution is -2.40. The number of hydrogen-bond donors (Lipinski definition) is 1. The highest BCUT2D eigenvalue weighted by atomic mass is 16.5. The van der Waals surface area contributed by atoms with Gasteiger partial charge in [0.15, 0.2) is 0 Å². The molecule has 2 aromatic rings. The van der Waals surface area contributed by atoms with Gasteiger partial charge in [-0.1, -0.05) is 56.5 Å². The van der Waals surface area contributed by atoms with E-state index in [1.807, 2.05) is 55.6 Å². The van der Waals surface area contributed by atoms with Crippen molar-refractivity contribution in [1.82, 2.24) is 4.90 Å². The maximum absolute atomic E-state index is 12.7. The molecule has 1 atom stereocenters. The lowest BCUT2D eigenvalue weighted by Gasteiger charge is -2.36. The first-order valence-corrected chi connectivity index (χ1v) is 9.07. The average Bonchev–Trinajstić information content (AvgIpc) is 2.65. The summed E-state index contributed by atoms with van der Waals surface area (Å²) >= 11 is 0. The summed E-state index contributed by atoms with van der Waals surface area (Å²) in [6, 6.07) is 15.6. The normalized spacial score (nSPS) is 16.3. The summed E-state index contributed by atoms with van der Waals surface area (Å²) in [6.45, 7) is 2.91. The Morgan fingerprint density at radius 1 is 1.04 bits per heavy atom. The van der Waals surface area contributed by atoms with Gasteiger partial charge in [-0.2, -0.15) is 0 Å². The van der Waals surface area contributed by atoms with Gasteiger partial charge in [-0.3, -0.25) is 4.79 Å². The second-order valence-electron chi connectivity index (χ2n) is 6.46. The van der Waals surface area contributed by atoms with Crippen LogP contribution >= 0.6 is 0 Å². The summed E-state index contributed by atoms with van der Waals surface area (Å²) in [4.78, 5) is 14.4. The van der Waals surface area contributed by atoms with Gasteiger partial charge in [0.05, 0.1) is 12.2 Å². The Hall–Kier alpha value is -2.49. The number of rotatable bonds is 7. The number of para-hydroxylation sites is 2. The number of hydrogen-bond acceptors (Lipinski definition) is 3. The number of benzene rings is 2. The number of nitrogens with one attached hydrogen (secondary N) is 1. The van der Waals surface area contributed by atoms with E-state index in [4.69, 9.17) is 4.74 Å². The maximum Gasteiger partial charge on any atom is 0.257 e. The number of amides is 1. The molecule has 0 fully saturated rings. The summed E-state index contributed by atoms with van der Waals surface area (Å²) < 4.78 is 6.03. The van der Waals surface area contributed by atoms with Crippen molar-refractivity contribution in [2.45, 2.75) is 38.8 Å². The summed E-state index contributed by atoms with van der Waals surface area (Å²) in [7, 11) is 1.83. The van der Waals surface area contributed by atoms with Gasteiger partial charge in [-0.05, 0) is 24.6 Å².